The third-order valence-corrected chi connectivity index (χ3v) is 9.04. The quantitative estimate of drug-likeness (QED) is 0.241. The zero-order valence-electron chi connectivity index (χ0n) is 25.0. The molecule has 2 aromatic rings. The summed E-state index contributed by atoms with van der Waals surface area (Å²) in [6, 6.07) is 6.71. The molecule has 0 radical (unpaired) electrons. The number of Topliss-reactive ketones (excluding diaryl/α,β-unsaturated/α-hetero) is 4. The number of carbonyl (C=O) groups is 6. The van der Waals surface area contributed by atoms with E-state index in [0.29, 0.717) is 16.9 Å². The topological polar surface area (TPSA) is 199 Å². The number of likely N-dealkylation sites (N-methyl/N-ethyl adjacent to an activating group) is 1. The second kappa shape index (κ2) is 10.8. The van der Waals surface area contributed by atoms with E-state index in [1.165, 1.54) is 25.1 Å². The smallest absolute Gasteiger partial charge is 0.323 e. The van der Waals surface area contributed by atoms with Crippen molar-refractivity contribution in [1.29, 1.82) is 0 Å². The molecule has 2 unspecified atom stereocenters. The molecule has 0 heterocycles. The Kier molecular flexibility index (Phi) is 7.58. The minimum Gasteiger partial charge on any atom is -0.505 e. The van der Waals surface area contributed by atoms with Crippen molar-refractivity contribution < 1.29 is 39.0 Å². The average molecular weight is 606 g/mol. The molecule has 0 aliphatic heterocycles. The molecule has 3 amide bonds. The molecule has 2 aromatic carbocycles. The predicted molar refractivity (Wildman–Crippen MR) is 160 cm³/mol. The molecular formula is C31H35N5O8. The number of rotatable bonds is 5. The van der Waals surface area contributed by atoms with Crippen LogP contribution in [0.3, 0.4) is 0 Å². The summed E-state index contributed by atoms with van der Waals surface area (Å²) >= 11 is 0. The number of ketones is 4. The van der Waals surface area contributed by atoms with Crippen LogP contribution in [0.2, 0.25) is 0 Å². The van der Waals surface area contributed by atoms with Crippen LogP contribution < -0.4 is 21.3 Å². The molecule has 232 valence electrons. The molecular weight excluding hydrogens is 570 g/mol. The van der Waals surface area contributed by atoms with Gasteiger partial charge in [0.1, 0.15) is 5.75 Å². The molecule has 0 bridgehead atoms. The van der Waals surface area contributed by atoms with Gasteiger partial charge in [-0.3, -0.25) is 28.9 Å². The standard InChI is InChI=1S/C31H35N5O8/c1-13-7-6-8-15(9-13)33-30(43)34-18-12-19(35(2)3)16-10-14-11-17-23(36(4)5)26(39)22(29(32)42)28(41)31(17,44)27(40)20(14)25(38)21(16)24(18)37/h6-9,12,14,17,20,22-23,37,44H,10-11H2,1-5H3,(H2,32,42)(H2,33,34,43)/t14-,17-,20?,22?,23-,31-/m1/s1. The number of amides is 3. The van der Waals surface area contributed by atoms with Crippen LogP contribution in [-0.4, -0.2) is 90.0 Å². The number of nitrogens with two attached hydrogens (primary N) is 1. The zero-order chi connectivity index (χ0) is 32.4. The normalized spacial score (nSPS) is 27.8. The lowest BCUT2D eigenvalue weighted by atomic mass is 9.52. The van der Waals surface area contributed by atoms with Gasteiger partial charge in [0.05, 0.1) is 23.2 Å². The van der Waals surface area contributed by atoms with Gasteiger partial charge in [-0.15, -0.1) is 0 Å². The van der Waals surface area contributed by atoms with Gasteiger partial charge in [0, 0.05) is 31.4 Å². The number of hydrogen-bond acceptors (Lipinski definition) is 10. The number of nitrogens with one attached hydrogen (secondary N) is 2. The Morgan fingerprint density at radius 2 is 1.70 bits per heavy atom. The van der Waals surface area contributed by atoms with Crippen LogP contribution in [0.25, 0.3) is 0 Å². The Labute approximate surface area is 253 Å². The highest BCUT2D eigenvalue weighted by Gasteiger charge is 2.69. The highest BCUT2D eigenvalue weighted by molar-refractivity contribution is 6.32. The van der Waals surface area contributed by atoms with Crippen LogP contribution in [0.1, 0.15) is 27.9 Å². The number of hydrogen-bond donors (Lipinski definition) is 5. The summed E-state index contributed by atoms with van der Waals surface area (Å²) in [7, 11) is 6.49. The molecule has 5 rings (SSSR count). The van der Waals surface area contributed by atoms with Crippen molar-refractivity contribution in [2.75, 3.05) is 43.7 Å². The Morgan fingerprint density at radius 3 is 2.30 bits per heavy atom. The summed E-state index contributed by atoms with van der Waals surface area (Å²) in [4.78, 5) is 83.1. The zero-order valence-corrected chi connectivity index (χ0v) is 25.0. The van der Waals surface area contributed by atoms with Crippen LogP contribution in [0.15, 0.2) is 30.3 Å². The first-order chi connectivity index (χ1) is 20.6. The average Bonchev–Trinajstić information content (AvgIpc) is 2.91. The Bertz CT molecular complexity index is 1630. The summed E-state index contributed by atoms with van der Waals surface area (Å²) in [6.45, 7) is 1.86. The van der Waals surface area contributed by atoms with Gasteiger partial charge >= 0.3 is 6.03 Å². The predicted octanol–water partition coefficient (Wildman–Crippen LogP) is 0.885. The lowest BCUT2D eigenvalue weighted by molar-refractivity contribution is -0.181. The van der Waals surface area contributed by atoms with E-state index < -0.39 is 76.1 Å². The summed E-state index contributed by atoms with van der Waals surface area (Å²) in [6.07, 6.45) is 0.0408. The molecule has 2 saturated carbocycles. The molecule has 0 aromatic heterocycles. The van der Waals surface area contributed by atoms with Crippen LogP contribution in [0.5, 0.6) is 5.75 Å². The molecule has 13 nitrogen and oxygen atoms in total. The van der Waals surface area contributed by atoms with Gasteiger partial charge in [-0.05, 0) is 69.1 Å². The number of fused-ring (bicyclic) bond motifs is 3. The fourth-order valence-corrected chi connectivity index (χ4v) is 7.15. The van der Waals surface area contributed by atoms with Gasteiger partial charge in [0.25, 0.3) is 0 Å². The van der Waals surface area contributed by atoms with E-state index in [-0.39, 0.29) is 24.1 Å². The monoisotopic (exact) mass is 605 g/mol. The lowest BCUT2D eigenvalue weighted by Gasteiger charge is -2.52. The molecule has 6 atom stereocenters. The van der Waals surface area contributed by atoms with Gasteiger partial charge in [-0.1, -0.05) is 12.1 Å². The van der Waals surface area contributed by atoms with E-state index in [4.69, 9.17) is 5.73 Å². The number of primary amides is 1. The maximum Gasteiger partial charge on any atom is 0.323 e. The van der Waals surface area contributed by atoms with Crippen LogP contribution in [0.4, 0.5) is 21.9 Å². The highest BCUT2D eigenvalue weighted by atomic mass is 16.3. The van der Waals surface area contributed by atoms with Crippen molar-refractivity contribution in [3.05, 3.63) is 47.0 Å². The number of aryl methyl sites for hydroxylation is 1. The molecule has 3 aliphatic rings. The number of aliphatic hydroxyl groups is 1. The van der Waals surface area contributed by atoms with Crippen molar-refractivity contribution in [3.63, 3.8) is 0 Å². The number of phenolic OH excluding ortho intramolecular Hbond substituents is 1. The summed E-state index contributed by atoms with van der Waals surface area (Å²) in [5.74, 6) is -11.5. The van der Waals surface area contributed by atoms with E-state index in [2.05, 4.69) is 10.6 Å². The molecule has 2 fully saturated rings. The first-order valence-corrected chi connectivity index (χ1v) is 14.1. The summed E-state index contributed by atoms with van der Waals surface area (Å²) in [5.41, 5.74) is 4.58. The molecule has 13 heteroatoms. The molecule has 0 spiro atoms. The van der Waals surface area contributed by atoms with Crippen LogP contribution >= 0.6 is 0 Å². The molecule has 44 heavy (non-hydrogen) atoms. The fraction of sp³-hybridized carbons (Fsp3) is 0.419. The molecule has 6 N–H and O–H groups in total. The lowest BCUT2D eigenvalue weighted by Crippen LogP contribution is -2.74. The minimum atomic E-state index is -2.82. The Balaban J connectivity index is 1.57. The second-order valence-corrected chi connectivity index (χ2v) is 12.3. The van der Waals surface area contributed by atoms with E-state index in [9.17, 15) is 39.0 Å². The van der Waals surface area contributed by atoms with Gasteiger partial charge in [-0.25, -0.2) is 4.79 Å². The van der Waals surface area contributed by atoms with Crippen molar-refractivity contribution in [1.82, 2.24) is 4.90 Å². The third-order valence-electron chi connectivity index (χ3n) is 9.04. The minimum absolute atomic E-state index is 0.0591. The maximum absolute atomic E-state index is 14.1. The summed E-state index contributed by atoms with van der Waals surface area (Å²) in [5, 5.41) is 28.3. The fourth-order valence-electron chi connectivity index (χ4n) is 7.15. The number of anilines is 3. The summed E-state index contributed by atoms with van der Waals surface area (Å²) < 4.78 is 0. The van der Waals surface area contributed by atoms with Crippen molar-refractivity contribution >= 4 is 52.1 Å². The SMILES string of the molecule is Cc1cccc(NC(=O)Nc2cc(N(C)C)c3c(c2O)C(=O)C2C(=O)[C@@]4(O)C(=O)C(C(N)=O)C(=O)[C@H](N(C)C)[C@H]4C[C@H]2C3)c1. The van der Waals surface area contributed by atoms with Gasteiger partial charge < -0.3 is 31.5 Å². The van der Waals surface area contributed by atoms with Crippen molar-refractivity contribution in [2.45, 2.75) is 31.4 Å². The maximum atomic E-state index is 14.1. The van der Waals surface area contributed by atoms with E-state index in [1.54, 1.807) is 37.2 Å². The molecule has 3 aliphatic carbocycles. The van der Waals surface area contributed by atoms with Crippen molar-refractivity contribution in [2.24, 2.45) is 29.4 Å². The Hall–Kier alpha value is -4.62. The number of benzene rings is 2. The molecule has 0 saturated heterocycles. The van der Waals surface area contributed by atoms with Gasteiger partial charge in [0.2, 0.25) is 5.91 Å². The number of carbonyl (C=O) groups excluding carboxylic acids is 6. The van der Waals surface area contributed by atoms with E-state index >= 15 is 0 Å². The second-order valence-electron chi connectivity index (χ2n) is 12.3. The van der Waals surface area contributed by atoms with Crippen LogP contribution in [0, 0.1) is 30.6 Å². The van der Waals surface area contributed by atoms with Crippen molar-refractivity contribution in [3.8, 4) is 5.75 Å². The first-order valence-electron chi connectivity index (χ1n) is 14.1. The van der Waals surface area contributed by atoms with Crippen LogP contribution in [-0.2, 0) is 25.6 Å². The Morgan fingerprint density at radius 1 is 1.02 bits per heavy atom. The first kappa shape index (κ1) is 30.8. The van der Waals surface area contributed by atoms with Gasteiger partial charge in [-0.2, -0.15) is 0 Å². The van der Waals surface area contributed by atoms with Gasteiger partial charge in [0.15, 0.2) is 34.7 Å². The third kappa shape index (κ3) is 4.63. The largest absolute Gasteiger partial charge is 0.505 e. The number of aromatic hydroxyl groups is 1. The highest BCUT2D eigenvalue weighted by Crippen LogP contribution is 2.52. The number of phenols is 1. The number of urea groups is 1. The van der Waals surface area contributed by atoms with E-state index in [1.807, 2.05) is 13.0 Å². The van der Waals surface area contributed by atoms with E-state index in [0.717, 1.165) is 5.56 Å². The number of nitrogens with zero attached hydrogens (tertiary/aromatic N) is 2.